The minimum absolute atomic E-state index is 0.106. The van der Waals surface area contributed by atoms with Gasteiger partial charge in [0.1, 0.15) is 13.2 Å². The van der Waals surface area contributed by atoms with Gasteiger partial charge < -0.3 is 14.4 Å². The average molecular weight is 311 g/mol. The zero-order valence-corrected chi connectivity index (χ0v) is 13.5. The van der Waals surface area contributed by atoms with E-state index < -0.39 is 0 Å². The molecule has 0 saturated carbocycles. The number of benzene rings is 2. The molecule has 0 atom stereocenters. The summed E-state index contributed by atoms with van der Waals surface area (Å²) in [5.74, 6) is 1.64. The highest BCUT2D eigenvalue weighted by Crippen LogP contribution is 2.31. The van der Waals surface area contributed by atoms with Crippen molar-refractivity contribution in [2.24, 2.45) is 0 Å². The lowest BCUT2D eigenvalue weighted by Crippen LogP contribution is -2.28. The van der Waals surface area contributed by atoms with Gasteiger partial charge in [0, 0.05) is 13.6 Å². The summed E-state index contributed by atoms with van der Waals surface area (Å²) in [6.45, 7) is 3.74. The molecule has 0 spiro atoms. The molecule has 1 aliphatic heterocycles. The third-order valence-electron chi connectivity index (χ3n) is 4.06. The highest BCUT2D eigenvalue weighted by molar-refractivity contribution is 5.78. The molecular formula is C19H21NO3. The van der Waals surface area contributed by atoms with Gasteiger partial charge in [-0.25, -0.2) is 0 Å². The number of carbonyl (C=O) groups is 1. The number of aryl methyl sites for hydroxylation is 1. The number of hydrogen-bond acceptors (Lipinski definition) is 3. The average Bonchev–Trinajstić information content (AvgIpc) is 2.56. The molecule has 0 aromatic heterocycles. The van der Waals surface area contributed by atoms with Gasteiger partial charge in [-0.1, -0.05) is 30.3 Å². The maximum absolute atomic E-state index is 12.4. The molecule has 23 heavy (non-hydrogen) atoms. The van der Waals surface area contributed by atoms with Crippen molar-refractivity contribution in [2.75, 3.05) is 20.3 Å². The Hall–Kier alpha value is -2.49. The molecule has 0 aliphatic carbocycles. The number of hydrogen-bond donors (Lipinski definition) is 0. The van der Waals surface area contributed by atoms with Crippen LogP contribution in [0.15, 0.2) is 42.5 Å². The summed E-state index contributed by atoms with van der Waals surface area (Å²) in [6.07, 6.45) is 0.424. The van der Waals surface area contributed by atoms with Crippen LogP contribution in [0.2, 0.25) is 0 Å². The van der Waals surface area contributed by atoms with Gasteiger partial charge in [0.25, 0.3) is 0 Å². The molecule has 0 bridgehead atoms. The number of nitrogens with zero attached hydrogens (tertiary/aromatic N) is 1. The Kier molecular flexibility index (Phi) is 4.51. The van der Waals surface area contributed by atoms with Crippen LogP contribution in [0, 0.1) is 6.92 Å². The molecule has 0 radical (unpaired) electrons. The van der Waals surface area contributed by atoms with Gasteiger partial charge in [0.15, 0.2) is 11.5 Å². The lowest BCUT2D eigenvalue weighted by molar-refractivity contribution is -0.129. The summed E-state index contributed by atoms with van der Waals surface area (Å²) >= 11 is 0. The molecule has 1 amide bonds. The normalized spacial score (nSPS) is 12.8. The summed E-state index contributed by atoms with van der Waals surface area (Å²) in [4.78, 5) is 14.2. The Morgan fingerprint density at radius 3 is 2.61 bits per heavy atom. The first-order chi connectivity index (χ1) is 11.1. The number of likely N-dealkylation sites (N-methyl/N-ethyl adjacent to an activating group) is 1. The van der Waals surface area contributed by atoms with Crippen molar-refractivity contribution in [3.05, 3.63) is 59.2 Å². The van der Waals surface area contributed by atoms with E-state index in [0.717, 1.165) is 28.2 Å². The molecule has 0 saturated heterocycles. The van der Waals surface area contributed by atoms with E-state index >= 15 is 0 Å². The number of amides is 1. The summed E-state index contributed by atoms with van der Waals surface area (Å²) in [5.41, 5.74) is 3.26. The number of fused-ring (bicyclic) bond motifs is 1. The third kappa shape index (κ3) is 3.65. The van der Waals surface area contributed by atoms with Crippen molar-refractivity contribution in [3.8, 4) is 11.5 Å². The molecule has 1 aliphatic rings. The van der Waals surface area contributed by atoms with Crippen LogP contribution < -0.4 is 9.47 Å². The van der Waals surface area contributed by atoms with E-state index in [0.29, 0.717) is 26.2 Å². The van der Waals surface area contributed by atoms with Gasteiger partial charge >= 0.3 is 0 Å². The molecule has 0 unspecified atom stereocenters. The predicted molar refractivity (Wildman–Crippen MR) is 88.8 cm³/mol. The van der Waals surface area contributed by atoms with Gasteiger partial charge in [-0.2, -0.15) is 0 Å². The summed E-state index contributed by atoms with van der Waals surface area (Å²) in [7, 11) is 1.83. The minimum atomic E-state index is 0.106. The van der Waals surface area contributed by atoms with E-state index in [1.807, 2.05) is 56.4 Å². The zero-order chi connectivity index (χ0) is 16.2. The van der Waals surface area contributed by atoms with Crippen molar-refractivity contribution in [2.45, 2.75) is 19.9 Å². The predicted octanol–water partition coefficient (Wildman–Crippen LogP) is 2.97. The largest absolute Gasteiger partial charge is 0.486 e. The lowest BCUT2D eigenvalue weighted by Gasteiger charge is -2.21. The molecule has 1 heterocycles. The standard InChI is InChI=1S/C19H21NO3/c1-14-5-3-4-6-16(14)12-19(21)20(2)13-15-7-8-17-18(11-15)23-10-9-22-17/h3-8,11H,9-10,12-13H2,1-2H3. The molecule has 3 rings (SSSR count). The fraction of sp³-hybridized carbons (Fsp3) is 0.316. The highest BCUT2D eigenvalue weighted by atomic mass is 16.6. The maximum Gasteiger partial charge on any atom is 0.227 e. The van der Waals surface area contributed by atoms with Crippen molar-refractivity contribution in [1.82, 2.24) is 4.90 Å². The first kappa shape index (κ1) is 15.4. The summed E-state index contributed by atoms with van der Waals surface area (Å²) in [6, 6.07) is 13.8. The minimum Gasteiger partial charge on any atom is -0.486 e. The molecule has 0 N–H and O–H groups in total. The van der Waals surface area contributed by atoms with Gasteiger partial charge in [-0.15, -0.1) is 0 Å². The van der Waals surface area contributed by atoms with Crippen LogP contribution in [0.3, 0.4) is 0 Å². The zero-order valence-electron chi connectivity index (χ0n) is 13.5. The van der Waals surface area contributed by atoms with Crippen molar-refractivity contribution in [3.63, 3.8) is 0 Å². The van der Waals surface area contributed by atoms with Crippen molar-refractivity contribution >= 4 is 5.91 Å². The topological polar surface area (TPSA) is 38.8 Å². The molecule has 0 fully saturated rings. The second kappa shape index (κ2) is 6.73. The Labute approximate surface area is 136 Å². The van der Waals surface area contributed by atoms with Gasteiger partial charge in [-0.3, -0.25) is 4.79 Å². The molecule has 120 valence electrons. The van der Waals surface area contributed by atoms with Gasteiger partial charge in [0.2, 0.25) is 5.91 Å². The molecule has 4 nitrogen and oxygen atoms in total. The maximum atomic E-state index is 12.4. The third-order valence-corrected chi connectivity index (χ3v) is 4.06. The van der Waals surface area contributed by atoms with E-state index in [1.165, 1.54) is 0 Å². The monoisotopic (exact) mass is 311 g/mol. The van der Waals surface area contributed by atoms with E-state index in [-0.39, 0.29) is 5.91 Å². The molecule has 2 aromatic carbocycles. The Balaban J connectivity index is 1.65. The first-order valence-electron chi connectivity index (χ1n) is 7.80. The van der Waals surface area contributed by atoms with Crippen LogP contribution in [0.25, 0.3) is 0 Å². The van der Waals surface area contributed by atoms with Crippen molar-refractivity contribution < 1.29 is 14.3 Å². The van der Waals surface area contributed by atoms with Crippen LogP contribution in [0.5, 0.6) is 11.5 Å². The summed E-state index contributed by atoms with van der Waals surface area (Å²) in [5, 5.41) is 0. The number of ether oxygens (including phenoxy) is 2. The molecular weight excluding hydrogens is 290 g/mol. The van der Waals surface area contributed by atoms with E-state index in [9.17, 15) is 4.79 Å². The van der Waals surface area contributed by atoms with E-state index in [1.54, 1.807) is 4.90 Å². The second-order valence-electron chi connectivity index (χ2n) is 5.83. The Morgan fingerprint density at radius 1 is 1.09 bits per heavy atom. The number of carbonyl (C=O) groups excluding carboxylic acids is 1. The van der Waals surface area contributed by atoms with Crippen LogP contribution in [0.1, 0.15) is 16.7 Å². The van der Waals surface area contributed by atoms with Gasteiger partial charge in [-0.05, 0) is 35.7 Å². The van der Waals surface area contributed by atoms with Crippen LogP contribution in [-0.2, 0) is 17.8 Å². The Bertz CT molecular complexity index is 712. The van der Waals surface area contributed by atoms with Crippen LogP contribution in [-0.4, -0.2) is 31.1 Å². The smallest absolute Gasteiger partial charge is 0.227 e. The first-order valence-corrected chi connectivity index (χ1v) is 7.80. The fourth-order valence-electron chi connectivity index (χ4n) is 2.65. The SMILES string of the molecule is Cc1ccccc1CC(=O)N(C)Cc1ccc2c(c1)OCCO2. The Morgan fingerprint density at radius 2 is 1.83 bits per heavy atom. The molecule has 4 heteroatoms. The van der Waals surface area contributed by atoms with E-state index in [4.69, 9.17) is 9.47 Å². The van der Waals surface area contributed by atoms with Crippen molar-refractivity contribution in [1.29, 1.82) is 0 Å². The highest BCUT2D eigenvalue weighted by Gasteiger charge is 2.15. The second-order valence-corrected chi connectivity index (χ2v) is 5.83. The lowest BCUT2D eigenvalue weighted by atomic mass is 10.1. The van der Waals surface area contributed by atoms with Gasteiger partial charge in [0.05, 0.1) is 6.42 Å². The fourth-order valence-corrected chi connectivity index (χ4v) is 2.65. The number of rotatable bonds is 4. The molecule has 2 aromatic rings. The van der Waals surface area contributed by atoms with Crippen LogP contribution in [0.4, 0.5) is 0 Å². The van der Waals surface area contributed by atoms with E-state index in [2.05, 4.69) is 0 Å². The van der Waals surface area contributed by atoms with Crippen LogP contribution >= 0.6 is 0 Å². The quantitative estimate of drug-likeness (QED) is 0.871. The summed E-state index contributed by atoms with van der Waals surface area (Å²) < 4.78 is 11.1.